The van der Waals surface area contributed by atoms with Crippen LogP contribution in [0.25, 0.3) is 22.0 Å². The number of carbonyl (C=O) groups excluding carboxylic acids is 3. The van der Waals surface area contributed by atoms with Gasteiger partial charge in [-0.1, -0.05) is 12.6 Å². The van der Waals surface area contributed by atoms with Gasteiger partial charge in [0.2, 0.25) is 5.91 Å². The van der Waals surface area contributed by atoms with Gasteiger partial charge in [-0.25, -0.2) is 0 Å². The maximum absolute atomic E-state index is 13.8. The highest BCUT2D eigenvalue weighted by Gasteiger charge is 2.33. The fraction of sp³-hybridized carbons (Fsp3) is 0.357. The molecule has 5 N–H and O–H groups in total. The number of piperazine rings is 1. The molecule has 3 amide bonds. The summed E-state index contributed by atoms with van der Waals surface area (Å²) in [7, 11) is 3.37. The molecule has 0 saturated carbocycles. The number of amides is 3. The Morgan fingerprint density at radius 3 is 2.59 bits per heavy atom. The first-order chi connectivity index (χ1) is 18.7. The number of nitrogen functional groups attached to an aromatic ring is 1. The molecule has 11 nitrogen and oxygen atoms in total. The van der Waals surface area contributed by atoms with E-state index >= 15 is 0 Å². The number of benzene rings is 2. The first kappa shape index (κ1) is 26.4. The highest BCUT2D eigenvalue weighted by Crippen LogP contribution is 2.38. The van der Waals surface area contributed by atoms with E-state index in [1.807, 2.05) is 30.1 Å². The number of nitrogens with one attached hydrogen (secondary N) is 1. The Labute approximate surface area is 227 Å². The summed E-state index contributed by atoms with van der Waals surface area (Å²) in [5.41, 5.74) is 16.8. The van der Waals surface area contributed by atoms with Crippen LogP contribution in [0.15, 0.2) is 42.6 Å². The summed E-state index contributed by atoms with van der Waals surface area (Å²) in [6.45, 7) is 8.42. The van der Waals surface area contributed by atoms with Gasteiger partial charge in [0, 0.05) is 76.6 Å². The SMILES string of the molecule is C=C(CN1Cc2c(-c3cc(C(=O)N4CCN(CCN)CC4)c4cnn(C)c4c3)ccc(N)c2C1=O)C(=O)NC. The molecule has 0 aliphatic carbocycles. The van der Waals surface area contributed by atoms with Crippen LogP contribution in [0, 0.1) is 0 Å². The number of rotatable bonds is 7. The number of hydrogen-bond donors (Lipinski definition) is 3. The van der Waals surface area contributed by atoms with Gasteiger partial charge in [0.25, 0.3) is 11.8 Å². The summed E-state index contributed by atoms with van der Waals surface area (Å²) in [5.74, 6) is -0.614. The third-order valence-corrected chi connectivity index (χ3v) is 7.64. The number of nitrogens with zero attached hydrogens (tertiary/aromatic N) is 5. The third-order valence-electron chi connectivity index (χ3n) is 7.64. The van der Waals surface area contributed by atoms with E-state index in [0.717, 1.165) is 47.2 Å². The summed E-state index contributed by atoms with van der Waals surface area (Å²) in [6, 6.07) is 7.48. The molecule has 1 fully saturated rings. The lowest BCUT2D eigenvalue weighted by Gasteiger charge is -2.34. The highest BCUT2D eigenvalue weighted by atomic mass is 16.2. The molecule has 11 heteroatoms. The molecule has 0 unspecified atom stereocenters. The summed E-state index contributed by atoms with van der Waals surface area (Å²) in [4.78, 5) is 44.8. The molecule has 2 aromatic carbocycles. The second-order valence-electron chi connectivity index (χ2n) is 10.0. The molecule has 0 atom stereocenters. The Balaban J connectivity index is 1.53. The van der Waals surface area contributed by atoms with E-state index in [4.69, 9.17) is 11.5 Å². The predicted molar refractivity (Wildman–Crippen MR) is 150 cm³/mol. The smallest absolute Gasteiger partial charge is 0.256 e. The van der Waals surface area contributed by atoms with Gasteiger partial charge in [-0.3, -0.25) is 24.0 Å². The number of nitrogens with two attached hydrogens (primary N) is 2. The Morgan fingerprint density at radius 1 is 1.15 bits per heavy atom. The Hall–Kier alpha value is -4.22. The number of anilines is 1. The minimum absolute atomic E-state index is 0.0473. The van der Waals surface area contributed by atoms with Gasteiger partial charge in [0.15, 0.2) is 0 Å². The topological polar surface area (TPSA) is 143 Å². The number of hydrogen-bond acceptors (Lipinski definition) is 7. The molecule has 0 radical (unpaired) electrons. The van der Waals surface area contributed by atoms with E-state index in [1.165, 1.54) is 7.05 Å². The van der Waals surface area contributed by atoms with E-state index in [0.29, 0.717) is 36.4 Å². The summed E-state index contributed by atoms with van der Waals surface area (Å²) in [6.07, 6.45) is 1.72. The van der Waals surface area contributed by atoms with Crippen LogP contribution in [0.3, 0.4) is 0 Å². The van der Waals surface area contributed by atoms with Crippen molar-refractivity contribution in [2.45, 2.75) is 6.54 Å². The normalized spacial score (nSPS) is 15.6. The van der Waals surface area contributed by atoms with E-state index in [2.05, 4.69) is 21.9 Å². The number of carbonyl (C=O) groups is 3. The average molecular weight is 531 g/mol. The zero-order chi connectivity index (χ0) is 27.8. The second-order valence-corrected chi connectivity index (χ2v) is 10.0. The molecular weight excluding hydrogens is 496 g/mol. The fourth-order valence-electron chi connectivity index (χ4n) is 5.49. The summed E-state index contributed by atoms with van der Waals surface area (Å²) < 4.78 is 1.75. The maximum atomic E-state index is 13.8. The summed E-state index contributed by atoms with van der Waals surface area (Å²) >= 11 is 0. The lowest BCUT2D eigenvalue weighted by Crippen LogP contribution is -2.49. The van der Waals surface area contributed by atoms with Crippen LogP contribution in [-0.4, -0.2) is 95.1 Å². The van der Waals surface area contributed by atoms with Crippen molar-refractivity contribution in [3.63, 3.8) is 0 Å². The molecule has 2 aliphatic heterocycles. The van der Waals surface area contributed by atoms with Crippen LogP contribution in [-0.2, 0) is 18.4 Å². The van der Waals surface area contributed by atoms with Crippen molar-refractivity contribution in [2.75, 3.05) is 58.6 Å². The van der Waals surface area contributed by atoms with Gasteiger partial charge in [-0.05, 0) is 34.9 Å². The third kappa shape index (κ3) is 4.75. The van der Waals surface area contributed by atoms with Gasteiger partial charge in [0.1, 0.15) is 0 Å². The number of aromatic nitrogens is 2. The molecule has 0 bridgehead atoms. The number of fused-ring (bicyclic) bond motifs is 2. The summed E-state index contributed by atoms with van der Waals surface area (Å²) in [5, 5.41) is 7.74. The van der Waals surface area contributed by atoms with Gasteiger partial charge < -0.3 is 26.6 Å². The highest BCUT2D eigenvalue weighted by molar-refractivity contribution is 6.09. The standard InChI is InChI=1S/C28H34N8O3/c1-17(26(37)31-2)15-36-16-22-19(4-5-23(30)25(22)28(36)39)18-12-20(21-14-32-33(3)24(21)13-18)27(38)35-10-8-34(7-6-29)9-11-35/h4-5,12-14H,1,6-11,15-16,29-30H2,2-3H3,(H,31,37). The first-order valence-electron chi connectivity index (χ1n) is 13.0. The maximum Gasteiger partial charge on any atom is 0.256 e. The molecule has 3 heterocycles. The van der Waals surface area contributed by atoms with Crippen LogP contribution in [0.5, 0.6) is 0 Å². The largest absolute Gasteiger partial charge is 0.398 e. The predicted octanol–water partition coefficient (Wildman–Crippen LogP) is 0.797. The molecular formula is C28H34N8O3. The molecule has 0 spiro atoms. The van der Waals surface area contributed by atoms with E-state index in [1.54, 1.807) is 21.8 Å². The number of aryl methyl sites for hydroxylation is 1. The minimum Gasteiger partial charge on any atom is -0.398 e. The van der Waals surface area contributed by atoms with Crippen molar-refractivity contribution in [1.29, 1.82) is 0 Å². The Bertz CT molecular complexity index is 1490. The van der Waals surface area contributed by atoms with Crippen molar-refractivity contribution in [2.24, 2.45) is 12.8 Å². The lowest BCUT2D eigenvalue weighted by molar-refractivity contribution is -0.117. The Morgan fingerprint density at radius 2 is 1.90 bits per heavy atom. The zero-order valence-corrected chi connectivity index (χ0v) is 22.4. The molecule has 1 saturated heterocycles. The minimum atomic E-state index is -0.319. The van der Waals surface area contributed by atoms with Crippen molar-refractivity contribution >= 4 is 34.3 Å². The van der Waals surface area contributed by atoms with E-state index in [-0.39, 0.29) is 36.4 Å². The molecule has 204 valence electrons. The fourth-order valence-corrected chi connectivity index (χ4v) is 5.49. The van der Waals surface area contributed by atoms with E-state index < -0.39 is 0 Å². The molecule has 2 aliphatic rings. The van der Waals surface area contributed by atoms with Crippen molar-refractivity contribution in [3.05, 3.63) is 59.3 Å². The lowest BCUT2D eigenvalue weighted by atomic mass is 9.93. The zero-order valence-electron chi connectivity index (χ0n) is 22.4. The van der Waals surface area contributed by atoms with Gasteiger partial charge in [-0.2, -0.15) is 5.10 Å². The Kier molecular flexibility index (Phi) is 7.11. The first-order valence-corrected chi connectivity index (χ1v) is 13.0. The monoisotopic (exact) mass is 530 g/mol. The van der Waals surface area contributed by atoms with Gasteiger partial charge in [0.05, 0.1) is 29.4 Å². The van der Waals surface area contributed by atoms with Crippen LogP contribution in [0.1, 0.15) is 26.3 Å². The van der Waals surface area contributed by atoms with Crippen molar-refractivity contribution < 1.29 is 14.4 Å². The van der Waals surface area contributed by atoms with Crippen LogP contribution < -0.4 is 16.8 Å². The van der Waals surface area contributed by atoms with Gasteiger partial charge in [-0.15, -0.1) is 0 Å². The van der Waals surface area contributed by atoms with Gasteiger partial charge >= 0.3 is 0 Å². The van der Waals surface area contributed by atoms with Crippen LogP contribution in [0.2, 0.25) is 0 Å². The van der Waals surface area contributed by atoms with Crippen LogP contribution in [0.4, 0.5) is 5.69 Å². The average Bonchev–Trinajstić information content (AvgIpc) is 3.48. The van der Waals surface area contributed by atoms with Crippen LogP contribution >= 0.6 is 0 Å². The quantitative estimate of drug-likeness (QED) is 0.303. The molecule has 3 aromatic rings. The number of likely N-dealkylation sites (N-methyl/N-ethyl adjacent to an activating group) is 1. The second kappa shape index (κ2) is 10.5. The molecule has 1 aromatic heterocycles. The molecule has 39 heavy (non-hydrogen) atoms. The van der Waals surface area contributed by atoms with Crippen molar-refractivity contribution in [1.82, 2.24) is 29.8 Å². The van der Waals surface area contributed by atoms with E-state index in [9.17, 15) is 14.4 Å². The molecule has 5 rings (SSSR count). The van der Waals surface area contributed by atoms with Crippen molar-refractivity contribution in [3.8, 4) is 11.1 Å².